The molecule has 96 heavy (non-hydrogen) atoms. The fourth-order valence-corrected chi connectivity index (χ4v) is 13.9. The molecule has 0 saturated carbocycles. The first kappa shape index (κ1) is 55.9. The number of hydrogen-bond donors (Lipinski definition) is 2. The summed E-state index contributed by atoms with van der Waals surface area (Å²) in [5.74, 6) is 9.55. The predicted molar refractivity (Wildman–Crippen MR) is 383 cm³/mol. The number of para-hydroxylation sites is 3. The zero-order valence-corrected chi connectivity index (χ0v) is 51.4. The topological polar surface area (TPSA) is 152 Å². The van der Waals surface area contributed by atoms with Crippen molar-refractivity contribution >= 4 is 65.4 Å². The van der Waals surface area contributed by atoms with Gasteiger partial charge in [-0.15, -0.1) is 0 Å². The predicted octanol–water partition coefficient (Wildman–Crippen LogP) is 19.0. The zero-order chi connectivity index (χ0) is 63.6. The van der Waals surface area contributed by atoms with Crippen LogP contribution in [-0.2, 0) is 4.99 Å². The fourth-order valence-electron chi connectivity index (χ4n) is 13.9. The maximum Gasteiger partial charge on any atom is 0.238 e. The van der Waals surface area contributed by atoms with E-state index >= 15 is 0 Å². The fraction of sp³-hybridized carbons (Fsp3) is 0.0120. The molecule has 0 bridgehead atoms. The number of aromatic nitrogens is 10. The van der Waals surface area contributed by atoms with Gasteiger partial charge in [0, 0.05) is 89.4 Å². The first-order chi connectivity index (χ1) is 47.5. The molecule has 18 aromatic rings. The molecular weight excluding hydrogens is 1180 g/mol. The van der Waals surface area contributed by atoms with E-state index < -0.39 is 0 Å². The first-order valence-electron chi connectivity index (χ1n) is 31.8. The Morgan fingerprint density at radius 3 is 1.57 bits per heavy atom. The molecule has 13 nitrogen and oxygen atoms in total. The van der Waals surface area contributed by atoms with E-state index in [1.54, 1.807) is 0 Å². The van der Waals surface area contributed by atoms with Crippen LogP contribution in [0.4, 0.5) is 0 Å². The smallest absolute Gasteiger partial charge is 0.238 e. The Labute approximate surface area is 550 Å². The second-order valence-corrected chi connectivity index (χ2v) is 23.8. The molecule has 6 aromatic heterocycles. The van der Waals surface area contributed by atoms with Gasteiger partial charge in [0.25, 0.3) is 0 Å². The lowest BCUT2D eigenvalue weighted by Crippen LogP contribution is -2.09. The summed E-state index contributed by atoms with van der Waals surface area (Å²) in [6, 6.07) is 102. The van der Waals surface area contributed by atoms with Crippen LogP contribution in [0, 0.1) is 0 Å². The van der Waals surface area contributed by atoms with Gasteiger partial charge in [-0.25, -0.2) is 19.9 Å². The van der Waals surface area contributed by atoms with Gasteiger partial charge in [0.2, 0.25) is 5.95 Å². The van der Waals surface area contributed by atoms with Crippen molar-refractivity contribution in [3.63, 3.8) is 0 Å². The minimum Gasteiger partial charge on any atom is -0.354 e. The monoisotopic (exact) mass is 1240 g/mol. The van der Waals surface area contributed by atoms with Gasteiger partial charge in [0.05, 0.1) is 33.5 Å². The minimum absolute atomic E-state index is 0.115. The summed E-state index contributed by atoms with van der Waals surface area (Å²) in [4.78, 5) is 43.6. The number of rotatable bonds is 11. The lowest BCUT2D eigenvalue weighted by Gasteiger charge is -2.15. The van der Waals surface area contributed by atoms with Gasteiger partial charge in [-0.3, -0.25) is 4.57 Å². The van der Waals surface area contributed by atoms with Gasteiger partial charge in [-0.2, -0.15) is 15.9 Å². The molecular formula is C83H55N11O2. The number of aromatic amines is 1. The van der Waals surface area contributed by atoms with E-state index in [1.165, 1.54) is 49.4 Å². The van der Waals surface area contributed by atoms with Crippen molar-refractivity contribution in [2.24, 2.45) is 5.90 Å². The lowest BCUT2D eigenvalue weighted by atomic mass is 9.95. The Morgan fingerprint density at radius 2 is 0.875 bits per heavy atom. The maximum absolute atomic E-state index is 5.20. The molecule has 0 radical (unpaired) electrons. The second kappa shape index (κ2) is 23.3. The number of nitrogens with zero attached hydrogens (tertiary/aromatic N) is 9. The van der Waals surface area contributed by atoms with Crippen molar-refractivity contribution in [3.05, 3.63) is 327 Å². The molecule has 0 fully saturated rings. The Balaban J connectivity index is 0.000000140. The maximum atomic E-state index is 5.20. The van der Waals surface area contributed by atoms with Gasteiger partial charge in [-0.05, 0) is 107 Å². The third-order valence-corrected chi connectivity index (χ3v) is 18.4. The summed E-state index contributed by atoms with van der Waals surface area (Å²) in [6.45, 7) is 0. The van der Waals surface area contributed by atoms with E-state index in [9.17, 15) is 0 Å². The second-order valence-electron chi connectivity index (χ2n) is 23.8. The van der Waals surface area contributed by atoms with E-state index in [0.29, 0.717) is 35.0 Å². The van der Waals surface area contributed by atoms with Crippen LogP contribution >= 0.6 is 0 Å². The number of nitrogens with one attached hydrogen (secondary N) is 1. The summed E-state index contributed by atoms with van der Waals surface area (Å²) in [7, 11) is 0. The SMILES string of the molecule is NOOc1ccccc1-c1ccc2c(ccn2-c2ccc3c(c2)c2ccccc2n3-c2nc(-c3ccccc3)nc(-c3ccccc3)n2)c1.c1ccc(-c2nc(-c3ccccc3)nc(C3c4ccccc4-c4cc(-n5ccc6c7[nH]c8ccccc8c7ccc65)ccc43)n2)cc1. The standard InChI is InChI=1S/C42H27N5.C41H28N6O2/c1-3-11-26(12-4-1)40-44-41(27-13-5-2-6-14-27)46-42(45-40)38-31-17-8-7-15-29(31)35-25-28(19-20-32(35)38)47-24-23-34-37(47)22-21-33-30-16-9-10-18-36(30)43-39(33)34;42-49-48-38-18-10-8-15-32(38)29-19-21-35-30(25-29)23-24-46(35)31-20-22-37-34(26-31)33-16-7-9-17-36(33)47(37)41-44-39(27-11-3-1-4-12-27)43-40(45-41)28-13-5-2-6-14-28/h1-25,38,43H;1-26H,42H2. The zero-order valence-electron chi connectivity index (χ0n) is 51.4. The highest BCUT2D eigenvalue weighted by Gasteiger charge is 2.33. The molecule has 1 aliphatic rings. The Morgan fingerprint density at radius 1 is 0.344 bits per heavy atom. The van der Waals surface area contributed by atoms with Crippen LogP contribution in [-0.4, -0.2) is 48.6 Å². The third-order valence-electron chi connectivity index (χ3n) is 18.4. The Bertz CT molecular complexity index is 5890. The number of H-pyrrole nitrogens is 1. The average molecular weight is 1240 g/mol. The molecule has 0 saturated heterocycles. The quantitative estimate of drug-likeness (QED) is 0.0952. The van der Waals surface area contributed by atoms with Crippen LogP contribution in [0.25, 0.3) is 151 Å². The number of hydrogen-bond acceptors (Lipinski definition) is 9. The lowest BCUT2D eigenvalue weighted by molar-refractivity contribution is -0.211. The number of fused-ring (bicyclic) bond motifs is 12. The van der Waals surface area contributed by atoms with Crippen LogP contribution in [0.3, 0.4) is 0 Å². The highest BCUT2D eigenvalue weighted by atomic mass is 17.3. The molecule has 0 amide bonds. The molecule has 19 rings (SSSR count). The first-order valence-corrected chi connectivity index (χ1v) is 31.8. The van der Waals surface area contributed by atoms with E-state index in [2.05, 4.69) is 212 Å². The third kappa shape index (κ3) is 9.65. The molecule has 0 aliphatic heterocycles. The van der Waals surface area contributed by atoms with Gasteiger partial charge in [0.1, 0.15) is 5.82 Å². The van der Waals surface area contributed by atoms with Gasteiger partial charge in [-0.1, -0.05) is 223 Å². The van der Waals surface area contributed by atoms with Crippen molar-refractivity contribution in [1.82, 2.24) is 48.6 Å². The largest absolute Gasteiger partial charge is 0.354 e. The van der Waals surface area contributed by atoms with Gasteiger partial charge in [0.15, 0.2) is 29.0 Å². The molecule has 3 N–H and O–H groups in total. The summed E-state index contributed by atoms with van der Waals surface area (Å²) >= 11 is 0. The summed E-state index contributed by atoms with van der Waals surface area (Å²) in [5.41, 5.74) is 19.3. The van der Waals surface area contributed by atoms with Crippen molar-refractivity contribution in [1.29, 1.82) is 0 Å². The molecule has 1 aliphatic carbocycles. The average Bonchev–Trinajstić information content (AvgIpc) is 1.59. The van der Waals surface area contributed by atoms with E-state index in [-0.39, 0.29) is 5.92 Å². The van der Waals surface area contributed by atoms with E-state index in [0.717, 1.165) is 88.8 Å². The Hall–Kier alpha value is -12.9. The molecule has 0 spiro atoms. The molecule has 1 unspecified atom stereocenters. The van der Waals surface area contributed by atoms with Crippen LogP contribution in [0.15, 0.2) is 310 Å². The summed E-state index contributed by atoms with van der Waals surface area (Å²) in [5, 5.41) is 7.02. The molecule has 1 atom stereocenters. The van der Waals surface area contributed by atoms with Crippen LogP contribution in [0.2, 0.25) is 0 Å². The summed E-state index contributed by atoms with van der Waals surface area (Å²) < 4.78 is 6.64. The van der Waals surface area contributed by atoms with Crippen molar-refractivity contribution in [3.8, 4) is 90.9 Å². The van der Waals surface area contributed by atoms with Crippen molar-refractivity contribution < 1.29 is 9.88 Å². The van der Waals surface area contributed by atoms with Crippen LogP contribution < -0.4 is 10.8 Å². The van der Waals surface area contributed by atoms with E-state index in [1.807, 2.05) is 121 Å². The van der Waals surface area contributed by atoms with Crippen molar-refractivity contribution in [2.45, 2.75) is 5.92 Å². The van der Waals surface area contributed by atoms with E-state index in [4.69, 9.17) is 40.7 Å². The van der Waals surface area contributed by atoms with Gasteiger partial charge < -0.3 is 19.0 Å². The Kier molecular flexibility index (Phi) is 13.6. The van der Waals surface area contributed by atoms with Gasteiger partial charge >= 0.3 is 0 Å². The molecule has 13 heteroatoms. The molecule has 454 valence electrons. The highest BCUT2D eigenvalue weighted by molar-refractivity contribution is 6.17. The normalized spacial score (nSPS) is 12.6. The number of benzene rings is 12. The highest BCUT2D eigenvalue weighted by Crippen LogP contribution is 2.49. The number of nitrogens with two attached hydrogens (primary N) is 1. The van der Waals surface area contributed by atoms with Crippen LogP contribution in [0.5, 0.6) is 5.75 Å². The molecule has 6 heterocycles. The minimum atomic E-state index is -0.115. The summed E-state index contributed by atoms with van der Waals surface area (Å²) in [6.07, 6.45) is 4.28. The molecule has 12 aromatic carbocycles. The van der Waals surface area contributed by atoms with Crippen LogP contribution in [0.1, 0.15) is 22.9 Å². The van der Waals surface area contributed by atoms with Crippen molar-refractivity contribution in [2.75, 3.05) is 0 Å².